The van der Waals surface area contributed by atoms with Crippen molar-refractivity contribution >= 4 is 52.4 Å². The minimum atomic E-state index is -0.629. The van der Waals surface area contributed by atoms with E-state index in [1.165, 1.54) is 0 Å². The van der Waals surface area contributed by atoms with Gasteiger partial charge in [0.2, 0.25) is 0 Å². The molecule has 0 aliphatic rings. The van der Waals surface area contributed by atoms with Gasteiger partial charge in [-0.1, -0.05) is 57.6 Å². The molecule has 0 aliphatic heterocycles. The van der Waals surface area contributed by atoms with Crippen LogP contribution in [0.2, 0.25) is 20.1 Å². The quantitative estimate of drug-likeness (QED) is 0.310. The molecule has 0 bridgehead atoms. The first-order chi connectivity index (χ1) is 13.4. The molecule has 0 atom stereocenters. The predicted octanol–water partition coefficient (Wildman–Crippen LogP) is 6.50. The van der Waals surface area contributed by atoms with E-state index in [0.717, 1.165) is 0 Å². The summed E-state index contributed by atoms with van der Waals surface area (Å²) in [7, 11) is 0. The first kappa shape index (κ1) is 20.8. The fraction of sp³-hybridized carbons (Fsp3) is 0.158. The minimum absolute atomic E-state index is 0.0158. The molecular formula is C19H13Cl4NO4. The zero-order valence-electron chi connectivity index (χ0n) is 14.5. The molecule has 2 aromatic carbocycles. The lowest BCUT2D eigenvalue weighted by atomic mass is 10.1. The van der Waals surface area contributed by atoms with Crippen LogP contribution < -0.4 is 4.74 Å². The zero-order valence-corrected chi connectivity index (χ0v) is 17.5. The van der Waals surface area contributed by atoms with Crippen LogP contribution >= 0.6 is 46.4 Å². The van der Waals surface area contributed by atoms with E-state index in [1.807, 2.05) is 0 Å². The van der Waals surface area contributed by atoms with Crippen molar-refractivity contribution in [2.24, 2.45) is 0 Å². The maximum Gasteiger partial charge on any atom is 0.344 e. The third kappa shape index (κ3) is 4.55. The van der Waals surface area contributed by atoms with Crippen LogP contribution in [0.3, 0.4) is 0 Å². The molecule has 0 unspecified atom stereocenters. The number of benzene rings is 2. The first-order valence-electron chi connectivity index (χ1n) is 8.04. The van der Waals surface area contributed by atoms with Crippen molar-refractivity contribution in [1.82, 2.24) is 5.16 Å². The molecule has 0 radical (unpaired) electrons. The van der Waals surface area contributed by atoms with Crippen molar-refractivity contribution in [3.63, 3.8) is 0 Å². The van der Waals surface area contributed by atoms with Gasteiger partial charge in [-0.2, -0.15) is 0 Å². The summed E-state index contributed by atoms with van der Waals surface area (Å²) < 4.78 is 15.9. The fourth-order valence-electron chi connectivity index (χ4n) is 2.46. The second-order valence-electron chi connectivity index (χ2n) is 5.62. The topological polar surface area (TPSA) is 61.6 Å². The highest BCUT2D eigenvalue weighted by atomic mass is 35.5. The van der Waals surface area contributed by atoms with Crippen molar-refractivity contribution < 1.29 is 18.8 Å². The third-order valence-corrected chi connectivity index (χ3v) is 4.89. The van der Waals surface area contributed by atoms with Crippen LogP contribution in [0.4, 0.5) is 0 Å². The number of rotatable bonds is 6. The lowest BCUT2D eigenvalue weighted by molar-refractivity contribution is 0.0449. The van der Waals surface area contributed by atoms with Gasteiger partial charge in [-0.25, -0.2) is 4.79 Å². The summed E-state index contributed by atoms with van der Waals surface area (Å²) in [4.78, 5) is 12.6. The van der Waals surface area contributed by atoms with Gasteiger partial charge in [-0.05, 0) is 37.3 Å². The Morgan fingerprint density at radius 3 is 2.43 bits per heavy atom. The molecule has 146 valence electrons. The molecule has 0 saturated heterocycles. The number of aromatic nitrogens is 1. The number of hydrogen-bond acceptors (Lipinski definition) is 5. The van der Waals surface area contributed by atoms with Crippen LogP contribution in [0, 0.1) is 6.92 Å². The fourth-order valence-corrected chi connectivity index (χ4v) is 3.50. The van der Waals surface area contributed by atoms with E-state index >= 15 is 0 Å². The Hall–Kier alpha value is -1.92. The molecular weight excluding hydrogens is 448 g/mol. The van der Waals surface area contributed by atoms with Crippen LogP contribution in [-0.2, 0) is 4.74 Å². The van der Waals surface area contributed by atoms with Crippen LogP contribution in [0.15, 0.2) is 40.9 Å². The molecule has 0 aliphatic carbocycles. The van der Waals surface area contributed by atoms with Crippen LogP contribution in [-0.4, -0.2) is 24.3 Å². The number of aryl methyl sites for hydroxylation is 1. The Labute approximate surface area is 181 Å². The van der Waals surface area contributed by atoms with Crippen LogP contribution in [0.5, 0.6) is 5.75 Å². The second-order valence-corrected chi connectivity index (χ2v) is 7.28. The molecule has 3 rings (SSSR count). The number of hydrogen-bond donors (Lipinski definition) is 0. The van der Waals surface area contributed by atoms with Crippen molar-refractivity contribution in [3.8, 4) is 17.0 Å². The summed E-state index contributed by atoms with van der Waals surface area (Å²) in [6.07, 6.45) is 0. The molecule has 0 fully saturated rings. The van der Waals surface area contributed by atoms with Crippen molar-refractivity contribution in [2.45, 2.75) is 6.92 Å². The molecule has 9 heteroatoms. The van der Waals surface area contributed by atoms with Gasteiger partial charge in [0.1, 0.15) is 36.0 Å². The Morgan fingerprint density at radius 2 is 1.75 bits per heavy atom. The molecule has 0 N–H and O–H groups in total. The SMILES string of the molecule is Cc1onc(-c2c(Cl)cccc2Cl)c1C(=O)OCCOc1ccc(Cl)cc1Cl. The van der Waals surface area contributed by atoms with Gasteiger partial charge in [0.05, 0.1) is 15.1 Å². The zero-order chi connectivity index (χ0) is 20.3. The molecule has 28 heavy (non-hydrogen) atoms. The van der Waals surface area contributed by atoms with E-state index in [1.54, 1.807) is 43.3 Å². The summed E-state index contributed by atoms with van der Waals surface area (Å²) in [5, 5.41) is 5.47. The van der Waals surface area contributed by atoms with E-state index in [-0.39, 0.29) is 30.2 Å². The predicted molar refractivity (Wildman–Crippen MR) is 109 cm³/mol. The average Bonchev–Trinajstić information content (AvgIpc) is 3.01. The Kier molecular flexibility index (Phi) is 6.73. The van der Waals surface area contributed by atoms with Gasteiger partial charge >= 0.3 is 5.97 Å². The van der Waals surface area contributed by atoms with Gasteiger partial charge in [0, 0.05) is 10.6 Å². The highest BCUT2D eigenvalue weighted by Crippen LogP contribution is 2.37. The van der Waals surface area contributed by atoms with Crippen molar-refractivity contribution in [3.05, 3.63) is 67.8 Å². The van der Waals surface area contributed by atoms with E-state index in [9.17, 15) is 4.79 Å². The summed E-state index contributed by atoms with van der Waals surface area (Å²) >= 11 is 24.3. The molecule has 0 spiro atoms. The minimum Gasteiger partial charge on any atom is -0.488 e. The van der Waals surface area contributed by atoms with Crippen molar-refractivity contribution in [1.29, 1.82) is 0 Å². The Bertz CT molecular complexity index is 999. The lowest BCUT2D eigenvalue weighted by Crippen LogP contribution is -2.13. The number of carbonyl (C=O) groups is 1. The van der Waals surface area contributed by atoms with Gasteiger partial charge in [-0.15, -0.1) is 0 Å². The summed E-state index contributed by atoms with van der Waals surface area (Å²) in [6.45, 7) is 1.68. The van der Waals surface area contributed by atoms with E-state index in [0.29, 0.717) is 31.4 Å². The maximum atomic E-state index is 12.6. The van der Waals surface area contributed by atoms with Gasteiger partial charge in [-0.3, -0.25) is 0 Å². The number of ether oxygens (including phenoxy) is 2. The molecule has 0 amide bonds. The average molecular weight is 461 g/mol. The third-order valence-electron chi connectivity index (χ3n) is 3.73. The molecule has 0 saturated carbocycles. The van der Waals surface area contributed by atoms with Crippen molar-refractivity contribution in [2.75, 3.05) is 13.2 Å². The van der Waals surface area contributed by atoms with Crippen LogP contribution in [0.25, 0.3) is 11.3 Å². The summed E-state index contributed by atoms with van der Waals surface area (Å²) in [6, 6.07) is 9.82. The summed E-state index contributed by atoms with van der Waals surface area (Å²) in [5.74, 6) is 0.0972. The van der Waals surface area contributed by atoms with Gasteiger partial charge in [0.25, 0.3) is 0 Å². The Morgan fingerprint density at radius 1 is 1.04 bits per heavy atom. The standard InChI is InChI=1S/C19H13Cl4NO4/c1-10-16(18(24-28-10)17-12(21)3-2-4-13(17)22)19(25)27-8-7-26-15-6-5-11(20)9-14(15)23/h2-6,9H,7-8H2,1H3. The largest absolute Gasteiger partial charge is 0.488 e. The molecule has 1 aromatic heterocycles. The maximum absolute atomic E-state index is 12.6. The Balaban J connectivity index is 1.69. The van der Waals surface area contributed by atoms with Crippen LogP contribution in [0.1, 0.15) is 16.1 Å². The number of carbonyl (C=O) groups excluding carboxylic acids is 1. The normalized spacial score (nSPS) is 10.8. The lowest BCUT2D eigenvalue weighted by Gasteiger charge is -2.10. The summed E-state index contributed by atoms with van der Waals surface area (Å²) in [5.41, 5.74) is 0.776. The number of esters is 1. The van der Waals surface area contributed by atoms with E-state index in [4.69, 9.17) is 60.4 Å². The van der Waals surface area contributed by atoms with E-state index < -0.39 is 5.97 Å². The second kappa shape index (κ2) is 9.05. The van der Waals surface area contributed by atoms with E-state index in [2.05, 4.69) is 5.16 Å². The number of halogens is 4. The smallest absolute Gasteiger partial charge is 0.344 e. The molecule has 5 nitrogen and oxygen atoms in total. The monoisotopic (exact) mass is 459 g/mol. The molecule has 1 heterocycles. The highest BCUT2D eigenvalue weighted by Gasteiger charge is 2.26. The first-order valence-corrected chi connectivity index (χ1v) is 9.55. The highest BCUT2D eigenvalue weighted by molar-refractivity contribution is 6.39. The molecule has 3 aromatic rings. The number of nitrogens with zero attached hydrogens (tertiary/aromatic N) is 1. The van der Waals surface area contributed by atoms with Gasteiger partial charge in [0.15, 0.2) is 0 Å². The van der Waals surface area contributed by atoms with Gasteiger partial charge < -0.3 is 14.0 Å².